The van der Waals surface area contributed by atoms with E-state index in [4.69, 9.17) is 5.26 Å². The van der Waals surface area contributed by atoms with Crippen molar-refractivity contribution >= 4 is 0 Å². The lowest BCUT2D eigenvalue weighted by molar-refractivity contribution is 0.171. The molecular formula is C23H27F2N. The first-order chi connectivity index (χ1) is 12.7. The van der Waals surface area contributed by atoms with Gasteiger partial charge in [0.1, 0.15) is 11.9 Å². The summed E-state index contributed by atoms with van der Waals surface area (Å²) in [6.07, 6.45) is 14.8. The van der Waals surface area contributed by atoms with Gasteiger partial charge in [-0.2, -0.15) is 9.65 Å². The third-order valence-electron chi connectivity index (χ3n) is 6.33. The van der Waals surface area contributed by atoms with Crippen molar-refractivity contribution in [1.29, 1.82) is 5.26 Å². The fourth-order valence-electron chi connectivity index (χ4n) is 4.80. The summed E-state index contributed by atoms with van der Waals surface area (Å²) in [6, 6.07) is 8.54. The maximum Gasteiger partial charge on any atom is 0.199 e. The van der Waals surface area contributed by atoms with Crippen molar-refractivity contribution in [3.63, 3.8) is 0 Å². The van der Waals surface area contributed by atoms with E-state index in [1.54, 1.807) is 18.2 Å². The molecule has 1 aromatic rings. The fourth-order valence-corrected chi connectivity index (χ4v) is 4.80. The van der Waals surface area contributed by atoms with Crippen molar-refractivity contribution in [3.05, 3.63) is 59.7 Å². The lowest BCUT2D eigenvalue weighted by atomic mass is 9.68. The molecule has 0 atom stereocenters. The molecule has 3 rings (SSSR count). The van der Waals surface area contributed by atoms with E-state index in [1.165, 1.54) is 69.1 Å². The van der Waals surface area contributed by atoms with Crippen molar-refractivity contribution in [2.75, 3.05) is 0 Å². The quantitative estimate of drug-likeness (QED) is 0.428. The molecule has 0 N–H and O–H groups in total. The maximum absolute atomic E-state index is 13.1. The zero-order chi connectivity index (χ0) is 18.4. The number of hydrogen-bond acceptors (Lipinski definition) is 1. The molecule has 0 aliphatic heterocycles. The van der Waals surface area contributed by atoms with Gasteiger partial charge < -0.3 is 0 Å². The molecule has 0 bridgehead atoms. The van der Waals surface area contributed by atoms with Crippen LogP contribution >= 0.6 is 0 Å². The Labute approximate surface area is 155 Å². The Morgan fingerprint density at radius 2 is 1.50 bits per heavy atom. The Balaban J connectivity index is 1.43. The number of allylic oxidation sites excluding steroid dienone is 4. The standard InChI is InChI=1S/C23H27F2N/c24-22-14-12-21(13-15-22)20-10-8-19(9-11-20)18-6-4-17(5-7-18)2-1-3-23(25)16-26/h1-3,12-15,17-20H,4-11H2/b2-1+,23-3-/t17?,18?,19-,20-. The summed E-state index contributed by atoms with van der Waals surface area (Å²) in [5.74, 6) is 1.87. The molecule has 0 aromatic heterocycles. The largest absolute Gasteiger partial charge is 0.207 e. The molecule has 3 heteroatoms. The summed E-state index contributed by atoms with van der Waals surface area (Å²) in [5, 5.41) is 8.41. The highest BCUT2D eigenvalue weighted by Crippen LogP contribution is 2.44. The number of benzene rings is 1. The van der Waals surface area contributed by atoms with Gasteiger partial charge >= 0.3 is 0 Å². The number of rotatable bonds is 4. The first kappa shape index (κ1) is 18.8. The monoisotopic (exact) mass is 355 g/mol. The zero-order valence-electron chi connectivity index (χ0n) is 15.2. The minimum atomic E-state index is -0.729. The van der Waals surface area contributed by atoms with Crippen LogP contribution in [0.3, 0.4) is 0 Å². The van der Waals surface area contributed by atoms with Crippen LogP contribution in [-0.2, 0) is 0 Å². The molecule has 0 heterocycles. The van der Waals surface area contributed by atoms with Gasteiger partial charge in [-0.15, -0.1) is 0 Å². The molecule has 1 aromatic carbocycles. The van der Waals surface area contributed by atoms with Crippen molar-refractivity contribution in [3.8, 4) is 6.07 Å². The number of halogens is 2. The summed E-state index contributed by atoms with van der Waals surface area (Å²) in [7, 11) is 0. The third-order valence-corrected chi connectivity index (χ3v) is 6.33. The fraction of sp³-hybridized carbons (Fsp3) is 0.522. The average Bonchev–Trinajstić information content (AvgIpc) is 2.69. The molecular weight excluding hydrogens is 328 g/mol. The van der Waals surface area contributed by atoms with Crippen LogP contribution < -0.4 is 0 Å². The van der Waals surface area contributed by atoms with Crippen LogP contribution in [0.2, 0.25) is 0 Å². The Hall–Kier alpha value is -1.95. The van der Waals surface area contributed by atoms with E-state index in [2.05, 4.69) is 6.08 Å². The Morgan fingerprint density at radius 3 is 2.08 bits per heavy atom. The number of nitriles is 1. The van der Waals surface area contributed by atoms with Crippen LogP contribution in [0, 0.1) is 34.9 Å². The SMILES string of the molecule is N#C/C(F)=C/C=C/C1CCC([C@H]2CC[C@H](c3ccc(F)cc3)CC2)CC1. The number of hydrogen-bond donors (Lipinski definition) is 0. The van der Waals surface area contributed by atoms with E-state index in [0.29, 0.717) is 11.8 Å². The van der Waals surface area contributed by atoms with Gasteiger partial charge in [0.2, 0.25) is 0 Å². The molecule has 0 radical (unpaired) electrons. The van der Waals surface area contributed by atoms with Gasteiger partial charge in [0, 0.05) is 0 Å². The van der Waals surface area contributed by atoms with E-state index < -0.39 is 5.83 Å². The van der Waals surface area contributed by atoms with Crippen LogP contribution in [0.15, 0.2) is 48.3 Å². The van der Waals surface area contributed by atoms with Crippen LogP contribution in [0.5, 0.6) is 0 Å². The van der Waals surface area contributed by atoms with Gasteiger partial charge in [0.05, 0.1) is 0 Å². The first-order valence-electron chi connectivity index (χ1n) is 9.85. The van der Waals surface area contributed by atoms with Crippen LogP contribution in [0.1, 0.15) is 62.8 Å². The van der Waals surface area contributed by atoms with Gasteiger partial charge in [0.25, 0.3) is 0 Å². The molecule has 2 saturated carbocycles. The molecule has 0 spiro atoms. The maximum atomic E-state index is 13.1. The molecule has 0 saturated heterocycles. The second-order valence-electron chi connectivity index (χ2n) is 7.85. The van der Waals surface area contributed by atoms with Crippen LogP contribution in [-0.4, -0.2) is 0 Å². The lowest BCUT2D eigenvalue weighted by Gasteiger charge is -2.37. The molecule has 1 nitrogen and oxygen atoms in total. The molecule has 2 fully saturated rings. The Kier molecular flexibility index (Phi) is 6.61. The van der Waals surface area contributed by atoms with Crippen molar-refractivity contribution in [2.45, 2.75) is 57.3 Å². The highest BCUT2D eigenvalue weighted by atomic mass is 19.1. The zero-order valence-corrected chi connectivity index (χ0v) is 15.2. The third kappa shape index (κ3) is 5.04. The summed E-state index contributed by atoms with van der Waals surface area (Å²) < 4.78 is 25.9. The Bertz CT molecular complexity index is 667. The predicted octanol–water partition coefficient (Wildman–Crippen LogP) is 6.84. The van der Waals surface area contributed by atoms with Gasteiger partial charge in [-0.3, -0.25) is 0 Å². The molecule has 2 aliphatic rings. The minimum Gasteiger partial charge on any atom is -0.207 e. The predicted molar refractivity (Wildman–Crippen MR) is 100 cm³/mol. The van der Waals surface area contributed by atoms with Gasteiger partial charge in [0.15, 0.2) is 5.83 Å². The van der Waals surface area contributed by atoms with Gasteiger partial charge in [-0.05, 0) is 98.8 Å². The molecule has 0 unspecified atom stereocenters. The van der Waals surface area contributed by atoms with Crippen LogP contribution in [0.4, 0.5) is 8.78 Å². The van der Waals surface area contributed by atoms with E-state index in [-0.39, 0.29) is 5.82 Å². The topological polar surface area (TPSA) is 23.8 Å². The molecule has 138 valence electrons. The average molecular weight is 355 g/mol. The minimum absolute atomic E-state index is 0.154. The van der Waals surface area contributed by atoms with E-state index in [9.17, 15) is 8.78 Å². The lowest BCUT2D eigenvalue weighted by Crippen LogP contribution is -2.25. The summed E-state index contributed by atoms with van der Waals surface area (Å²) in [6.45, 7) is 0. The summed E-state index contributed by atoms with van der Waals surface area (Å²) >= 11 is 0. The highest BCUT2D eigenvalue weighted by molar-refractivity contribution is 5.21. The second-order valence-corrected chi connectivity index (χ2v) is 7.85. The summed E-state index contributed by atoms with van der Waals surface area (Å²) in [4.78, 5) is 0. The smallest absolute Gasteiger partial charge is 0.199 e. The second kappa shape index (κ2) is 9.12. The van der Waals surface area contributed by atoms with Crippen LogP contribution in [0.25, 0.3) is 0 Å². The number of nitrogens with zero attached hydrogens (tertiary/aromatic N) is 1. The molecule has 2 aliphatic carbocycles. The van der Waals surface area contributed by atoms with Crippen molar-refractivity contribution < 1.29 is 8.78 Å². The van der Waals surface area contributed by atoms with E-state index in [1.807, 2.05) is 12.1 Å². The van der Waals surface area contributed by atoms with E-state index in [0.717, 1.165) is 11.8 Å². The van der Waals surface area contributed by atoms with Gasteiger partial charge in [-0.1, -0.05) is 24.3 Å². The first-order valence-corrected chi connectivity index (χ1v) is 9.85. The van der Waals surface area contributed by atoms with E-state index >= 15 is 0 Å². The molecule has 0 amide bonds. The van der Waals surface area contributed by atoms with Gasteiger partial charge in [-0.25, -0.2) is 4.39 Å². The van der Waals surface area contributed by atoms with Crippen molar-refractivity contribution in [2.24, 2.45) is 17.8 Å². The molecule has 26 heavy (non-hydrogen) atoms. The Morgan fingerprint density at radius 1 is 0.923 bits per heavy atom. The normalized spacial score (nSPS) is 30.3. The highest BCUT2D eigenvalue weighted by Gasteiger charge is 2.30. The van der Waals surface area contributed by atoms with Crippen molar-refractivity contribution in [1.82, 2.24) is 0 Å². The summed E-state index contributed by atoms with van der Waals surface area (Å²) in [5.41, 5.74) is 1.29.